The third-order valence-electron chi connectivity index (χ3n) is 9.53. The average Bonchev–Trinajstić information content (AvgIpc) is 3.13. The summed E-state index contributed by atoms with van der Waals surface area (Å²) in [6.45, 7) is 4.52. The Morgan fingerprint density at radius 1 is 0.691 bits per heavy atom. The Hall–Kier alpha value is -5.06. The van der Waals surface area contributed by atoms with Crippen LogP contribution in [0.3, 0.4) is 0 Å². The molecule has 3 rings (SSSR count). The predicted octanol–water partition coefficient (Wildman–Crippen LogP) is 2.29. The number of hydrogen-bond donors (Lipinski definition) is 7. The highest BCUT2D eigenvalue weighted by molar-refractivity contribution is 7.90. The minimum atomic E-state index is -4.03. The van der Waals surface area contributed by atoms with Crippen molar-refractivity contribution in [3.63, 3.8) is 0 Å². The zero-order chi connectivity index (χ0) is 40.7. The lowest BCUT2D eigenvalue weighted by Gasteiger charge is -2.31. The number of hydrogen-bond acceptors (Lipinski definition) is 9. The third kappa shape index (κ3) is 14.3. The van der Waals surface area contributed by atoms with E-state index in [0.29, 0.717) is 24.8 Å². The van der Waals surface area contributed by atoms with Crippen LogP contribution >= 0.6 is 0 Å². The van der Waals surface area contributed by atoms with Gasteiger partial charge in [0.25, 0.3) is 5.91 Å². The summed E-state index contributed by atoms with van der Waals surface area (Å²) in [6, 6.07) is 7.59. The highest BCUT2D eigenvalue weighted by Gasteiger charge is 2.35. The normalized spacial score (nSPS) is 15.6. The number of carbonyl (C=O) groups excluding carboxylic acids is 5. The lowest BCUT2D eigenvalue weighted by Crippen LogP contribution is -2.59. The average molecular weight is 788 g/mol. The number of carboxylic acid groups (broad SMARTS) is 2. The van der Waals surface area contributed by atoms with Gasteiger partial charge >= 0.3 is 11.9 Å². The lowest BCUT2D eigenvalue weighted by atomic mass is 9.83. The van der Waals surface area contributed by atoms with Crippen LogP contribution in [0.2, 0.25) is 0 Å². The van der Waals surface area contributed by atoms with Crippen LogP contribution in [-0.2, 0) is 50.0 Å². The van der Waals surface area contributed by atoms with Gasteiger partial charge in [0, 0.05) is 19.3 Å². The number of aliphatic carboxylic acids is 2. The Balaban J connectivity index is 1.93. The topological polar surface area (TPSA) is 254 Å². The second-order valence-electron chi connectivity index (χ2n) is 14.2. The van der Waals surface area contributed by atoms with E-state index in [-0.39, 0.29) is 31.6 Å². The van der Waals surface area contributed by atoms with Gasteiger partial charge in [0.15, 0.2) is 0 Å². The molecule has 0 aliphatic heterocycles. The quantitative estimate of drug-likeness (QED) is 0.0966. The van der Waals surface area contributed by atoms with Crippen molar-refractivity contribution in [3.05, 3.63) is 48.0 Å². The van der Waals surface area contributed by atoms with Gasteiger partial charge in [0.2, 0.25) is 33.7 Å². The van der Waals surface area contributed by atoms with Gasteiger partial charge in [-0.15, -0.1) is 0 Å². The summed E-state index contributed by atoms with van der Waals surface area (Å²) in [5.41, 5.74) is 0.616. The Bertz CT molecular complexity index is 1810. The molecule has 7 N–H and O–H groups in total. The van der Waals surface area contributed by atoms with E-state index in [9.17, 15) is 47.1 Å². The SMILES string of the molecule is CCC[C@H](NC(=O)[C@H](Cc1ccc2ccccc2c1)NC(=O)[C@H](CCC(=O)O)NC(=O)[C@@H](NC(=O)CCC(=O)O)C1CCCCC1)C(=O)NS(=O)(=O)C(C)C. The molecule has 1 saturated carbocycles. The molecule has 16 nitrogen and oxygen atoms in total. The highest BCUT2D eigenvalue weighted by Crippen LogP contribution is 2.27. The zero-order valence-electron chi connectivity index (χ0n) is 31.5. The van der Waals surface area contributed by atoms with Gasteiger partial charge in [-0.3, -0.25) is 38.3 Å². The maximum absolute atomic E-state index is 14.0. The molecule has 55 heavy (non-hydrogen) atoms. The molecule has 1 aliphatic carbocycles. The standard InChI is InChI=1S/C38H53N5O11S/c1-4-10-28(37(51)43-55(53,54)23(2)3)39-36(50)30(22-24-15-16-25-11-8-9-14-27(25)21-24)41-35(49)29(17-19-32(45)46)40-38(52)34(26-12-6-5-7-13-26)42-31(44)18-20-33(47)48/h8-9,11,14-16,21,23,26,28-30,34H,4-7,10,12-13,17-20,22H2,1-3H3,(H,39,50)(H,40,52)(H,41,49)(H,42,44)(H,43,51)(H,45,46)(H,47,48)/t28-,29-,30-,34-/m0/s1. The van der Waals surface area contributed by atoms with Crippen molar-refractivity contribution in [3.8, 4) is 0 Å². The summed E-state index contributed by atoms with van der Waals surface area (Å²) >= 11 is 0. The van der Waals surface area contributed by atoms with Gasteiger partial charge in [-0.25, -0.2) is 8.42 Å². The van der Waals surface area contributed by atoms with Crippen molar-refractivity contribution in [1.29, 1.82) is 0 Å². The Kier molecular flexibility index (Phi) is 17.0. The first-order chi connectivity index (χ1) is 26.0. The van der Waals surface area contributed by atoms with Crippen molar-refractivity contribution in [2.75, 3.05) is 0 Å². The summed E-state index contributed by atoms with van der Waals surface area (Å²) in [5.74, 6) is -6.89. The molecule has 0 unspecified atom stereocenters. The molecular weight excluding hydrogens is 735 g/mol. The first kappa shape index (κ1) is 44.3. The molecule has 2 aromatic rings. The Morgan fingerprint density at radius 2 is 1.27 bits per heavy atom. The van der Waals surface area contributed by atoms with Gasteiger partial charge in [-0.2, -0.15) is 0 Å². The second kappa shape index (κ2) is 21.1. The van der Waals surface area contributed by atoms with Crippen LogP contribution in [0, 0.1) is 5.92 Å². The van der Waals surface area contributed by atoms with E-state index in [1.54, 1.807) is 13.0 Å². The zero-order valence-corrected chi connectivity index (χ0v) is 32.3. The van der Waals surface area contributed by atoms with Crippen molar-refractivity contribution in [1.82, 2.24) is 26.0 Å². The van der Waals surface area contributed by atoms with E-state index in [1.807, 2.05) is 41.1 Å². The van der Waals surface area contributed by atoms with Gasteiger partial charge < -0.3 is 31.5 Å². The van der Waals surface area contributed by atoms with Crippen molar-refractivity contribution in [2.24, 2.45) is 5.92 Å². The number of sulfonamides is 1. The summed E-state index contributed by atoms with van der Waals surface area (Å²) in [6.07, 6.45) is 2.28. The predicted molar refractivity (Wildman–Crippen MR) is 203 cm³/mol. The van der Waals surface area contributed by atoms with E-state index in [1.165, 1.54) is 13.8 Å². The maximum Gasteiger partial charge on any atom is 0.303 e. The van der Waals surface area contributed by atoms with E-state index >= 15 is 0 Å². The molecule has 0 radical (unpaired) electrons. The summed E-state index contributed by atoms with van der Waals surface area (Å²) in [4.78, 5) is 90.3. The van der Waals surface area contributed by atoms with Crippen LogP contribution < -0.4 is 26.0 Å². The highest BCUT2D eigenvalue weighted by atomic mass is 32.2. The van der Waals surface area contributed by atoms with E-state index in [4.69, 9.17) is 5.11 Å². The Labute approximate surface area is 321 Å². The van der Waals surface area contributed by atoms with Crippen LogP contribution in [0.15, 0.2) is 42.5 Å². The van der Waals surface area contributed by atoms with Crippen molar-refractivity contribution >= 4 is 62.3 Å². The molecule has 0 aromatic heterocycles. The number of rotatable bonds is 21. The molecular formula is C38H53N5O11S. The van der Waals surface area contributed by atoms with Gasteiger partial charge in [-0.1, -0.05) is 75.1 Å². The minimum Gasteiger partial charge on any atom is -0.481 e. The van der Waals surface area contributed by atoms with Crippen LogP contribution in [0.5, 0.6) is 0 Å². The number of carboxylic acids is 2. The fourth-order valence-electron chi connectivity index (χ4n) is 6.37. The molecule has 0 spiro atoms. The van der Waals surface area contributed by atoms with E-state index < -0.39 is 93.8 Å². The summed E-state index contributed by atoms with van der Waals surface area (Å²) < 4.78 is 27.0. The van der Waals surface area contributed by atoms with Gasteiger partial charge in [-0.05, 0) is 61.8 Å². The van der Waals surface area contributed by atoms with Crippen LogP contribution in [0.1, 0.15) is 97.0 Å². The molecule has 1 aliphatic rings. The van der Waals surface area contributed by atoms with Crippen LogP contribution in [0.4, 0.5) is 0 Å². The van der Waals surface area contributed by atoms with Gasteiger partial charge in [0.1, 0.15) is 24.2 Å². The fraction of sp³-hybridized carbons (Fsp3) is 0.553. The monoisotopic (exact) mass is 787 g/mol. The number of amides is 5. The molecule has 5 amide bonds. The molecule has 17 heteroatoms. The molecule has 0 bridgehead atoms. The molecule has 2 aromatic carbocycles. The second-order valence-corrected chi connectivity index (χ2v) is 16.4. The van der Waals surface area contributed by atoms with Crippen LogP contribution in [-0.4, -0.2) is 89.5 Å². The number of carbonyl (C=O) groups is 7. The first-order valence-corrected chi connectivity index (χ1v) is 20.2. The largest absolute Gasteiger partial charge is 0.481 e. The van der Waals surface area contributed by atoms with Crippen LogP contribution in [0.25, 0.3) is 10.8 Å². The Morgan fingerprint density at radius 3 is 1.89 bits per heavy atom. The van der Waals surface area contributed by atoms with E-state index in [0.717, 1.165) is 30.0 Å². The maximum atomic E-state index is 14.0. The lowest BCUT2D eigenvalue weighted by molar-refractivity contribution is -0.140. The van der Waals surface area contributed by atoms with Crippen molar-refractivity contribution in [2.45, 2.75) is 127 Å². The molecule has 1 fully saturated rings. The van der Waals surface area contributed by atoms with Crippen molar-refractivity contribution < 1.29 is 52.2 Å². The molecule has 0 heterocycles. The molecule has 302 valence electrons. The smallest absolute Gasteiger partial charge is 0.303 e. The summed E-state index contributed by atoms with van der Waals surface area (Å²) in [5, 5.41) is 29.8. The minimum absolute atomic E-state index is 0.0693. The number of nitrogens with one attached hydrogen (secondary N) is 5. The number of benzene rings is 2. The summed E-state index contributed by atoms with van der Waals surface area (Å²) in [7, 11) is -4.03. The fourth-order valence-corrected chi connectivity index (χ4v) is 7.03. The molecule has 4 atom stereocenters. The first-order valence-electron chi connectivity index (χ1n) is 18.7. The van der Waals surface area contributed by atoms with E-state index in [2.05, 4.69) is 21.3 Å². The molecule has 0 saturated heterocycles. The number of fused-ring (bicyclic) bond motifs is 1. The van der Waals surface area contributed by atoms with Gasteiger partial charge in [0.05, 0.1) is 11.7 Å². The third-order valence-corrected chi connectivity index (χ3v) is 11.3.